The largest absolute Gasteiger partial charge is 0.388 e. The number of aliphatic hydroxyl groups excluding tert-OH is 2. The average molecular weight is 524 g/mol. The van der Waals surface area contributed by atoms with Crippen LogP contribution in [0, 0.1) is 11.3 Å². The van der Waals surface area contributed by atoms with Crippen molar-refractivity contribution in [3.05, 3.63) is 0 Å². The summed E-state index contributed by atoms with van der Waals surface area (Å²) < 4.78 is 17.2. The molecule has 0 aromatic carbocycles. The lowest BCUT2D eigenvalue weighted by Crippen LogP contribution is -2.64. The Kier molecular flexibility index (Phi) is 7.81. The quantitative estimate of drug-likeness (QED) is 0.301. The lowest BCUT2D eigenvalue weighted by Gasteiger charge is -2.41. The number of aliphatic hydroxyl groups is 2. The zero-order valence-electron chi connectivity index (χ0n) is 21.6. The van der Waals surface area contributed by atoms with Crippen LogP contribution in [0.5, 0.6) is 0 Å². The van der Waals surface area contributed by atoms with Crippen LogP contribution in [0.1, 0.15) is 46.5 Å². The van der Waals surface area contributed by atoms with Gasteiger partial charge in [0.15, 0.2) is 5.79 Å². The number of carbonyl (C=O) groups excluding carboxylic acids is 3. The first-order valence-corrected chi connectivity index (χ1v) is 12.8. The van der Waals surface area contributed by atoms with Gasteiger partial charge < -0.3 is 44.9 Å². The predicted octanol–water partition coefficient (Wildman–Crippen LogP) is -1.81. The second-order valence-corrected chi connectivity index (χ2v) is 11.0. The number of nitriles is 1. The predicted molar refractivity (Wildman–Crippen MR) is 126 cm³/mol. The van der Waals surface area contributed by atoms with Crippen LogP contribution in [0.4, 0.5) is 0 Å². The molecule has 0 radical (unpaired) electrons. The highest BCUT2D eigenvalue weighted by molar-refractivity contribution is 6.35. The van der Waals surface area contributed by atoms with Crippen molar-refractivity contribution < 1.29 is 38.8 Å². The number of fused-ring (bicyclic) bond motifs is 1. The number of piperidine rings is 1. The van der Waals surface area contributed by atoms with Crippen molar-refractivity contribution in [3.8, 4) is 6.07 Å². The molecule has 206 valence electrons. The summed E-state index contributed by atoms with van der Waals surface area (Å²) in [5.41, 5.74) is -0.384. The first-order valence-electron chi connectivity index (χ1n) is 12.8. The number of nitrogens with one attached hydrogen (secondary N) is 2. The summed E-state index contributed by atoms with van der Waals surface area (Å²) >= 11 is 0. The van der Waals surface area contributed by atoms with E-state index < -0.39 is 41.7 Å². The van der Waals surface area contributed by atoms with E-state index in [1.54, 1.807) is 18.7 Å². The summed E-state index contributed by atoms with van der Waals surface area (Å²) in [4.78, 5) is 41.1. The van der Waals surface area contributed by atoms with Crippen LogP contribution in [0.3, 0.4) is 0 Å². The van der Waals surface area contributed by atoms with Gasteiger partial charge in [-0.05, 0) is 46.5 Å². The summed E-state index contributed by atoms with van der Waals surface area (Å²) in [5, 5.41) is 35.3. The molecule has 13 heteroatoms. The van der Waals surface area contributed by atoms with Crippen LogP contribution in [0.25, 0.3) is 0 Å². The summed E-state index contributed by atoms with van der Waals surface area (Å²) in [7, 11) is 0. The van der Waals surface area contributed by atoms with Gasteiger partial charge in [0, 0.05) is 25.2 Å². The van der Waals surface area contributed by atoms with E-state index in [2.05, 4.69) is 16.7 Å². The van der Waals surface area contributed by atoms with E-state index in [4.69, 9.17) is 14.2 Å². The molecule has 0 aromatic rings. The van der Waals surface area contributed by atoms with E-state index in [9.17, 15) is 29.9 Å². The Morgan fingerprint density at radius 2 is 1.84 bits per heavy atom. The lowest BCUT2D eigenvalue weighted by molar-refractivity contribution is -0.288. The zero-order chi connectivity index (χ0) is 27.0. The Labute approximate surface area is 216 Å². The van der Waals surface area contributed by atoms with Gasteiger partial charge in [-0.1, -0.05) is 0 Å². The molecule has 4 fully saturated rings. The second kappa shape index (κ2) is 10.4. The molecular formula is C24H37N5O8. The molecule has 0 saturated carbocycles. The molecule has 4 saturated heterocycles. The fourth-order valence-electron chi connectivity index (χ4n) is 5.44. The second-order valence-electron chi connectivity index (χ2n) is 11.0. The number of amides is 3. The molecule has 37 heavy (non-hydrogen) atoms. The van der Waals surface area contributed by atoms with Crippen molar-refractivity contribution in [3.63, 3.8) is 0 Å². The highest BCUT2D eigenvalue weighted by Crippen LogP contribution is 2.42. The average Bonchev–Trinajstić information content (AvgIpc) is 3.45. The fraction of sp³-hybridized carbons (Fsp3) is 0.833. The molecule has 4 rings (SSSR count). The Balaban J connectivity index is 1.26. The molecule has 4 aliphatic rings. The van der Waals surface area contributed by atoms with Crippen molar-refractivity contribution in [1.29, 1.82) is 5.26 Å². The van der Waals surface area contributed by atoms with Crippen LogP contribution in [-0.4, -0.2) is 119 Å². The standard InChI is InChI=1S/C24H37N5O8/c1-22(2)36-19-18(32)16(30)13-35-24(19,37-22)14-26-20(33)21(34)28-9-6-23(3,7-10-28)27-12-17(31)29-8-4-5-15(29)11-25/h15-16,18-19,27,30,32H,4-10,12-14H2,1-3H3,(H,26,33). The molecule has 0 aliphatic carbocycles. The third-order valence-electron chi connectivity index (χ3n) is 7.70. The minimum atomic E-state index is -1.53. The van der Waals surface area contributed by atoms with Crippen LogP contribution < -0.4 is 10.6 Å². The van der Waals surface area contributed by atoms with Crippen molar-refractivity contribution in [2.75, 3.05) is 39.3 Å². The number of nitrogens with zero attached hydrogens (tertiary/aromatic N) is 3. The summed E-state index contributed by atoms with van der Waals surface area (Å²) in [5.74, 6) is -4.30. The maximum atomic E-state index is 12.8. The third-order valence-corrected chi connectivity index (χ3v) is 7.70. The highest BCUT2D eigenvalue weighted by Gasteiger charge is 2.61. The monoisotopic (exact) mass is 523 g/mol. The van der Waals surface area contributed by atoms with Gasteiger partial charge in [0.2, 0.25) is 11.7 Å². The smallest absolute Gasteiger partial charge is 0.311 e. The van der Waals surface area contributed by atoms with Gasteiger partial charge in [0.05, 0.1) is 25.8 Å². The Morgan fingerprint density at radius 3 is 2.51 bits per heavy atom. The first-order chi connectivity index (χ1) is 17.4. The van der Waals surface area contributed by atoms with Gasteiger partial charge >= 0.3 is 11.8 Å². The minimum Gasteiger partial charge on any atom is -0.388 e. The molecule has 4 N–H and O–H groups in total. The van der Waals surface area contributed by atoms with Crippen LogP contribution in [-0.2, 0) is 28.6 Å². The summed E-state index contributed by atoms with van der Waals surface area (Å²) in [6.07, 6.45) is -0.868. The molecule has 13 nitrogen and oxygen atoms in total. The highest BCUT2D eigenvalue weighted by atomic mass is 16.8. The fourth-order valence-corrected chi connectivity index (χ4v) is 5.44. The summed E-state index contributed by atoms with van der Waals surface area (Å²) in [6.45, 7) is 6.14. The van der Waals surface area contributed by atoms with Crippen LogP contribution >= 0.6 is 0 Å². The van der Waals surface area contributed by atoms with E-state index >= 15 is 0 Å². The first kappa shape index (κ1) is 27.7. The van der Waals surface area contributed by atoms with Crippen molar-refractivity contribution in [1.82, 2.24) is 20.4 Å². The van der Waals surface area contributed by atoms with Crippen molar-refractivity contribution in [2.24, 2.45) is 0 Å². The number of hydrogen-bond donors (Lipinski definition) is 4. The molecule has 4 heterocycles. The zero-order valence-corrected chi connectivity index (χ0v) is 21.6. The minimum absolute atomic E-state index is 0.107. The molecular weight excluding hydrogens is 486 g/mol. The third kappa shape index (κ3) is 5.74. The molecule has 5 atom stereocenters. The van der Waals surface area contributed by atoms with E-state index in [1.807, 2.05) is 6.92 Å². The van der Waals surface area contributed by atoms with E-state index in [-0.39, 0.29) is 37.2 Å². The number of ether oxygens (including phenoxy) is 3. The van der Waals surface area contributed by atoms with Gasteiger partial charge in [0.1, 0.15) is 24.4 Å². The molecule has 4 aliphatic heterocycles. The number of carbonyl (C=O) groups is 3. The number of likely N-dealkylation sites (tertiary alicyclic amines) is 2. The normalized spacial score (nSPS) is 34.5. The SMILES string of the molecule is CC1(NCC(=O)N2CCCC2C#N)CCN(C(=O)C(=O)NCC23OCC(O)C(O)C2OC(C)(C)O3)CC1. The Morgan fingerprint density at radius 1 is 1.14 bits per heavy atom. The topological polar surface area (TPSA) is 174 Å². The van der Waals surface area contributed by atoms with Gasteiger partial charge in [0.25, 0.3) is 0 Å². The Hall–Kier alpha value is -2.34. The van der Waals surface area contributed by atoms with Crippen LogP contribution in [0.15, 0.2) is 0 Å². The molecule has 0 bridgehead atoms. The maximum Gasteiger partial charge on any atom is 0.311 e. The van der Waals surface area contributed by atoms with Crippen molar-refractivity contribution in [2.45, 2.75) is 87.9 Å². The maximum absolute atomic E-state index is 12.8. The van der Waals surface area contributed by atoms with Gasteiger partial charge in [-0.25, -0.2) is 0 Å². The Bertz CT molecular complexity index is 946. The number of rotatable bonds is 5. The number of hydrogen-bond acceptors (Lipinski definition) is 10. The molecule has 0 spiro atoms. The summed E-state index contributed by atoms with van der Waals surface area (Å²) in [6, 6.07) is 1.81. The van der Waals surface area contributed by atoms with Crippen LogP contribution in [0.2, 0.25) is 0 Å². The molecule has 5 unspecified atom stereocenters. The lowest BCUT2D eigenvalue weighted by atomic mass is 9.89. The molecule has 0 aromatic heterocycles. The molecule has 3 amide bonds. The van der Waals surface area contributed by atoms with Gasteiger partial charge in [-0.15, -0.1) is 0 Å². The van der Waals surface area contributed by atoms with Gasteiger partial charge in [-0.3, -0.25) is 14.4 Å². The van der Waals surface area contributed by atoms with Gasteiger partial charge in [-0.2, -0.15) is 5.26 Å². The van der Waals surface area contributed by atoms with Crippen molar-refractivity contribution >= 4 is 17.7 Å². The van der Waals surface area contributed by atoms with E-state index in [1.165, 1.54) is 4.90 Å². The van der Waals surface area contributed by atoms with E-state index in [0.717, 1.165) is 6.42 Å². The van der Waals surface area contributed by atoms with E-state index in [0.29, 0.717) is 38.9 Å².